The van der Waals surface area contributed by atoms with Crippen molar-refractivity contribution in [1.29, 1.82) is 0 Å². The van der Waals surface area contributed by atoms with Crippen molar-refractivity contribution in [3.63, 3.8) is 0 Å². The fraction of sp³-hybridized carbons (Fsp3) is 0.400. The fourth-order valence-corrected chi connectivity index (χ4v) is 5.02. The molecule has 0 spiro atoms. The molecule has 2 aliphatic rings. The summed E-state index contributed by atoms with van der Waals surface area (Å²) in [6.45, 7) is -0.449. The summed E-state index contributed by atoms with van der Waals surface area (Å²) < 4.78 is 5.32. The minimum absolute atomic E-state index is 0.108. The summed E-state index contributed by atoms with van der Waals surface area (Å²) in [6, 6.07) is 3.64. The van der Waals surface area contributed by atoms with Crippen LogP contribution in [0.2, 0.25) is 0 Å². The van der Waals surface area contributed by atoms with Crippen LogP contribution in [0.4, 0.5) is 0 Å². The number of thioether (sulfide) groups is 1. The van der Waals surface area contributed by atoms with Crippen LogP contribution in [-0.2, 0) is 25.5 Å². The Morgan fingerprint density at radius 3 is 2.84 bits per heavy atom. The van der Waals surface area contributed by atoms with Gasteiger partial charge in [-0.15, -0.1) is 23.1 Å². The minimum atomic E-state index is -1.60. The maximum atomic E-state index is 12.7. The number of carboxylic acid groups (broad SMARTS) is 1. The molecule has 10 heteroatoms. The Balaban J connectivity index is 1.82. The number of aliphatic carboxylic acids is 1. The summed E-state index contributed by atoms with van der Waals surface area (Å²) in [6.07, 6.45) is 0.108. The molecular formula is C15H16N2O6S2. The average Bonchev–Trinajstić information content (AvgIpc) is 3.10. The maximum Gasteiger partial charge on any atom is 0.352 e. The van der Waals surface area contributed by atoms with Crippen molar-refractivity contribution >= 4 is 40.9 Å². The van der Waals surface area contributed by atoms with E-state index < -0.39 is 29.6 Å². The van der Waals surface area contributed by atoms with Gasteiger partial charge in [0.1, 0.15) is 11.1 Å². The van der Waals surface area contributed by atoms with E-state index in [1.807, 2.05) is 17.5 Å². The molecule has 0 unspecified atom stereocenters. The first-order valence-electron chi connectivity index (χ1n) is 7.34. The Kier molecular flexibility index (Phi) is 4.87. The van der Waals surface area contributed by atoms with Crippen LogP contribution in [0, 0.1) is 0 Å². The summed E-state index contributed by atoms with van der Waals surface area (Å²) in [5.74, 6) is -2.10. The number of hydrogen-bond acceptors (Lipinski definition) is 7. The molecule has 1 aromatic heterocycles. The molecule has 3 rings (SSSR count). The molecule has 0 radical (unpaired) electrons. The van der Waals surface area contributed by atoms with Crippen LogP contribution in [-0.4, -0.2) is 63.5 Å². The average molecular weight is 384 g/mol. The maximum absolute atomic E-state index is 12.7. The number of fused-ring (bicyclic) bond motifs is 1. The van der Waals surface area contributed by atoms with Crippen molar-refractivity contribution in [2.45, 2.75) is 17.5 Å². The van der Waals surface area contributed by atoms with Crippen molar-refractivity contribution in [3.05, 3.63) is 33.7 Å². The van der Waals surface area contributed by atoms with Crippen molar-refractivity contribution < 1.29 is 29.3 Å². The smallest absolute Gasteiger partial charge is 0.352 e. The molecule has 0 aliphatic carbocycles. The summed E-state index contributed by atoms with van der Waals surface area (Å²) in [5.41, 5.74) is -1.58. The number of ether oxygens (including phenoxy) is 1. The molecular weight excluding hydrogens is 368 g/mol. The standard InChI is InChI=1S/C15H16N2O6S2/c1-23-15(16-10(19)5-9-3-2-4-24-9)13(22)17-11(12(20)21)8(6-18)7-25-14(15)17/h2-4,14,18H,5-7H2,1H3,(H,16,19)(H,20,21)/t14-,15-/m1/s1. The number of amides is 2. The largest absolute Gasteiger partial charge is 0.477 e. The lowest BCUT2D eigenvalue weighted by molar-refractivity contribution is -0.192. The molecule has 8 nitrogen and oxygen atoms in total. The molecule has 0 bridgehead atoms. The summed E-state index contributed by atoms with van der Waals surface area (Å²) in [4.78, 5) is 38.4. The summed E-state index contributed by atoms with van der Waals surface area (Å²) in [7, 11) is 1.30. The van der Waals surface area contributed by atoms with E-state index in [1.165, 1.54) is 30.2 Å². The number of rotatable bonds is 6. The molecule has 0 aromatic carbocycles. The van der Waals surface area contributed by atoms with Gasteiger partial charge in [-0.1, -0.05) is 6.07 Å². The zero-order valence-electron chi connectivity index (χ0n) is 13.2. The van der Waals surface area contributed by atoms with Crippen LogP contribution in [0.15, 0.2) is 28.8 Å². The normalized spacial score (nSPS) is 25.4. The molecule has 3 N–H and O–H groups in total. The number of carboxylic acids is 1. The quantitative estimate of drug-likeness (QED) is 0.467. The minimum Gasteiger partial charge on any atom is -0.477 e. The predicted molar refractivity (Wildman–Crippen MR) is 90.7 cm³/mol. The van der Waals surface area contributed by atoms with E-state index in [0.717, 1.165) is 9.78 Å². The molecule has 1 saturated heterocycles. The lowest BCUT2D eigenvalue weighted by Crippen LogP contribution is -2.80. The van der Waals surface area contributed by atoms with Gasteiger partial charge in [0.05, 0.1) is 13.0 Å². The number of carbonyl (C=O) groups is 3. The Morgan fingerprint density at radius 1 is 1.52 bits per heavy atom. The van der Waals surface area contributed by atoms with Crippen molar-refractivity contribution in [1.82, 2.24) is 10.2 Å². The second-order valence-electron chi connectivity index (χ2n) is 5.50. The van der Waals surface area contributed by atoms with Crippen molar-refractivity contribution in [2.24, 2.45) is 0 Å². The SMILES string of the molecule is CO[C@]1(NC(=O)Cc2cccs2)C(=O)N2C(C(=O)O)=C(CO)CS[C@@H]21. The number of aliphatic hydroxyl groups excluding tert-OH is 1. The number of methoxy groups -OCH3 is 1. The Hall–Kier alpha value is -1.88. The van der Waals surface area contributed by atoms with Gasteiger partial charge in [-0.2, -0.15) is 0 Å². The molecule has 134 valence electrons. The van der Waals surface area contributed by atoms with Crippen LogP contribution >= 0.6 is 23.1 Å². The lowest BCUT2D eigenvalue weighted by atomic mass is 9.98. The van der Waals surface area contributed by atoms with E-state index >= 15 is 0 Å². The van der Waals surface area contributed by atoms with Gasteiger partial charge in [0, 0.05) is 17.7 Å². The number of thiophene rings is 1. The summed E-state index contributed by atoms with van der Waals surface area (Å²) in [5, 5.41) is 22.5. The number of carbonyl (C=O) groups excluding carboxylic acids is 2. The highest BCUT2D eigenvalue weighted by atomic mass is 32.2. The number of hydrogen-bond donors (Lipinski definition) is 3. The monoisotopic (exact) mass is 384 g/mol. The highest BCUT2D eigenvalue weighted by molar-refractivity contribution is 8.00. The zero-order valence-corrected chi connectivity index (χ0v) is 14.9. The highest BCUT2D eigenvalue weighted by Crippen LogP contribution is 2.46. The van der Waals surface area contributed by atoms with Crippen LogP contribution in [0.5, 0.6) is 0 Å². The van der Waals surface area contributed by atoms with Gasteiger partial charge < -0.3 is 20.3 Å². The summed E-state index contributed by atoms with van der Waals surface area (Å²) >= 11 is 2.67. The molecule has 3 heterocycles. The van der Waals surface area contributed by atoms with E-state index in [-0.39, 0.29) is 29.4 Å². The Bertz CT molecular complexity index is 747. The third-order valence-corrected chi connectivity index (χ3v) is 6.32. The third kappa shape index (κ3) is 2.84. The second kappa shape index (κ2) is 6.79. The molecule has 2 amide bonds. The first-order chi connectivity index (χ1) is 11.9. The molecule has 25 heavy (non-hydrogen) atoms. The van der Waals surface area contributed by atoms with Crippen molar-refractivity contribution in [3.8, 4) is 0 Å². The van der Waals surface area contributed by atoms with Crippen LogP contribution in [0.1, 0.15) is 4.88 Å². The predicted octanol–water partition coefficient (Wildman–Crippen LogP) is -0.00440. The third-order valence-electron chi connectivity index (χ3n) is 4.07. The topological polar surface area (TPSA) is 116 Å². The van der Waals surface area contributed by atoms with Crippen molar-refractivity contribution in [2.75, 3.05) is 19.5 Å². The molecule has 2 aliphatic heterocycles. The highest BCUT2D eigenvalue weighted by Gasteiger charge is 2.66. The van der Waals surface area contributed by atoms with Gasteiger partial charge in [0.2, 0.25) is 5.91 Å². The van der Waals surface area contributed by atoms with Gasteiger partial charge in [-0.05, 0) is 17.0 Å². The Labute approximate surface area is 151 Å². The Morgan fingerprint density at radius 2 is 2.28 bits per heavy atom. The zero-order chi connectivity index (χ0) is 18.2. The number of nitrogens with one attached hydrogen (secondary N) is 1. The lowest BCUT2D eigenvalue weighted by Gasteiger charge is -2.55. The fourth-order valence-electron chi connectivity index (χ4n) is 2.89. The van der Waals surface area contributed by atoms with Gasteiger partial charge in [-0.3, -0.25) is 14.5 Å². The van der Waals surface area contributed by atoms with E-state index in [0.29, 0.717) is 0 Å². The van der Waals surface area contributed by atoms with Crippen LogP contribution in [0.3, 0.4) is 0 Å². The van der Waals surface area contributed by atoms with Crippen LogP contribution in [0.25, 0.3) is 0 Å². The molecule has 1 aromatic rings. The second-order valence-corrected chi connectivity index (χ2v) is 7.60. The van der Waals surface area contributed by atoms with Gasteiger partial charge >= 0.3 is 5.97 Å². The van der Waals surface area contributed by atoms with Gasteiger partial charge in [-0.25, -0.2) is 4.79 Å². The number of nitrogens with zero attached hydrogens (tertiary/aromatic N) is 1. The molecule has 2 atom stereocenters. The first-order valence-corrected chi connectivity index (χ1v) is 9.27. The van der Waals surface area contributed by atoms with E-state index in [9.17, 15) is 24.6 Å². The van der Waals surface area contributed by atoms with E-state index in [1.54, 1.807) is 0 Å². The van der Waals surface area contributed by atoms with Gasteiger partial charge in [0.25, 0.3) is 11.6 Å². The van der Waals surface area contributed by atoms with Crippen LogP contribution < -0.4 is 5.32 Å². The van der Waals surface area contributed by atoms with E-state index in [2.05, 4.69) is 5.32 Å². The number of β-lactam (4-membered cyclic amide) rings is 1. The number of aliphatic hydroxyl groups is 1. The first kappa shape index (κ1) is 17.9. The molecule has 1 fully saturated rings. The van der Waals surface area contributed by atoms with Gasteiger partial charge in [0.15, 0.2) is 0 Å². The molecule has 0 saturated carbocycles. The van der Waals surface area contributed by atoms with E-state index in [4.69, 9.17) is 4.74 Å².